The number of aryl methyl sites for hydroxylation is 1. The fraction of sp³-hybridized carbons (Fsp3) is 0.167. The van der Waals surface area contributed by atoms with Crippen LogP contribution in [0.4, 0.5) is 51.2 Å². The lowest BCUT2D eigenvalue weighted by Gasteiger charge is -2.45. The quantitative estimate of drug-likeness (QED) is 0.147. The minimum absolute atomic E-state index is 0.0779. The van der Waals surface area contributed by atoms with Crippen LogP contribution >= 0.6 is 0 Å². The minimum Gasteiger partial charge on any atom is -0.311 e. The molecule has 0 spiro atoms. The molecule has 3 nitrogen and oxygen atoms in total. The first kappa shape index (κ1) is 44.0. The average Bonchev–Trinajstić information content (AvgIpc) is 3.22. The molecule has 370 valence electrons. The summed E-state index contributed by atoms with van der Waals surface area (Å²) in [5.74, 6) is 0. The first-order valence-electron chi connectivity index (χ1n) is 28.4. The SMILES string of the molecule is [2H]C([2H])([2H])c1cc2c3c(c1)N(c1ccc4c(c1)C(C)(C)c1ccccc1-4)c1cc(C(C)(C)C)ccc1B3c1ccc(N(c3ccc(-c4ccccc4)cc3)c3ccc(-c4ccccc4)cc3)cc1N2c1ccc(C(C)(C)C)cc1. The van der Waals surface area contributed by atoms with E-state index >= 15 is 0 Å². The standard InChI is InChI=1S/C72H64BN3/c1-47-42-67-69-68(43-47)76(57-37-39-60-59-22-16-17-23-61(59)72(8,9)62(60)45-57)65-44-53(71(5,6)7)30-40-63(65)73(69)64-41-38-58(46-66(64)75(67)56-35-28-52(29-36-56)70(2,3)4)74(54-31-24-50(25-32-54)48-18-12-10-13-19-48)55-33-26-51(27-34-55)49-20-14-11-15-21-49/h10-46H,1-9H3/i1D3. The summed E-state index contributed by atoms with van der Waals surface area (Å²) in [7, 11) is 0. The molecule has 0 N–H and O–H groups in total. The molecule has 3 aliphatic rings. The second-order valence-corrected chi connectivity index (χ2v) is 23.7. The number of fused-ring (bicyclic) bond motifs is 7. The molecule has 2 aliphatic heterocycles. The van der Waals surface area contributed by atoms with E-state index in [2.05, 4.69) is 282 Å². The van der Waals surface area contributed by atoms with Gasteiger partial charge in [-0.25, -0.2) is 0 Å². The Hall–Kier alpha value is -8.34. The smallest absolute Gasteiger partial charge is 0.252 e. The van der Waals surface area contributed by atoms with Gasteiger partial charge in [0.05, 0.1) is 0 Å². The van der Waals surface area contributed by atoms with E-state index in [-0.39, 0.29) is 23.0 Å². The number of nitrogens with zero attached hydrogens (tertiary/aromatic N) is 3. The molecule has 2 heterocycles. The normalized spacial score (nSPS) is 14.6. The lowest BCUT2D eigenvalue weighted by Crippen LogP contribution is -2.61. The zero-order valence-corrected chi connectivity index (χ0v) is 44.8. The molecule has 0 amide bonds. The maximum atomic E-state index is 9.21. The van der Waals surface area contributed by atoms with Crippen LogP contribution in [0, 0.1) is 6.85 Å². The predicted molar refractivity (Wildman–Crippen MR) is 326 cm³/mol. The first-order valence-corrected chi connectivity index (χ1v) is 26.9. The number of anilines is 9. The Balaban J connectivity index is 1.07. The maximum absolute atomic E-state index is 9.21. The van der Waals surface area contributed by atoms with Gasteiger partial charge in [0.2, 0.25) is 0 Å². The molecule has 0 radical (unpaired) electrons. The molecule has 0 unspecified atom stereocenters. The summed E-state index contributed by atoms with van der Waals surface area (Å²) < 4.78 is 27.6. The van der Waals surface area contributed by atoms with Gasteiger partial charge in [-0.05, 0) is 174 Å². The highest BCUT2D eigenvalue weighted by Crippen LogP contribution is 2.52. The van der Waals surface area contributed by atoms with E-state index in [1.807, 2.05) is 12.1 Å². The topological polar surface area (TPSA) is 9.72 Å². The first-order chi connectivity index (χ1) is 37.8. The van der Waals surface area contributed by atoms with Gasteiger partial charge in [-0.2, -0.15) is 0 Å². The second kappa shape index (κ2) is 17.6. The lowest BCUT2D eigenvalue weighted by atomic mass is 9.33. The van der Waals surface area contributed by atoms with Crippen molar-refractivity contribution in [1.29, 1.82) is 0 Å². The maximum Gasteiger partial charge on any atom is 0.252 e. The highest BCUT2D eigenvalue weighted by molar-refractivity contribution is 7.00. The minimum atomic E-state index is -2.42. The summed E-state index contributed by atoms with van der Waals surface area (Å²) in [4.78, 5) is 7.08. The Labute approximate surface area is 455 Å². The fourth-order valence-electron chi connectivity index (χ4n) is 12.4. The second-order valence-electron chi connectivity index (χ2n) is 23.7. The zero-order chi connectivity index (χ0) is 54.8. The Morgan fingerprint density at radius 2 is 0.882 bits per heavy atom. The highest BCUT2D eigenvalue weighted by atomic mass is 15.2. The Bertz CT molecular complexity index is 3900. The third-order valence-electron chi connectivity index (χ3n) is 16.5. The van der Waals surface area contributed by atoms with Crippen molar-refractivity contribution in [1.82, 2.24) is 0 Å². The number of hydrogen-bond donors (Lipinski definition) is 0. The van der Waals surface area contributed by atoms with Crippen LogP contribution in [0.2, 0.25) is 0 Å². The summed E-state index contributed by atoms with van der Waals surface area (Å²) in [6.07, 6.45) is 0. The van der Waals surface area contributed by atoms with Crippen molar-refractivity contribution in [2.75, 3.05) is 14.7 Å². The van der Waals surface area contributed by atoms with Crippen LogP contribution in [0.1, 0.15) is 87.3 Å². The zero-order valence-electron chi connectivity index (χ0n) is 47.8. The van der Waals surface area contributed by atoms with Crippen molar-refractivity contribution < 1.29 is 4.11 Å². The lowest BCUT2D eigenvalue weighted by molar-refractivity contribution is 0.590. The van der Waals surface area contributed by atoms with E-state index in [1.54, 1.807) is 0 Å². The Kier molecular flexibility index (Phi) is 10.2. The molecule has 13 rings (SSSR count). The van der Waals surface area contributed by atoms with Crippen LogP contribution in [0.3, 0.4) is 0 Å². The van der Waals surface area contributed by atoms with E-state index in [0.29, 0.717) is 5.56 Å². The van der Waals surface area contributed by atoms with Crippen LogP contribution < -0.4 is 31.1 Å². The van der Waals surface area contributed by atoms with Crippen LogP contribution in [-0.2, 0) is 16.2 Å². The summed E-state index contributed by atoms with van der Waals surface area (Å²) in [5, 5.41) is 0. The third-order valence-corrected chi connectivity index (χ3v) is 16.5. The average molecular weight is 985 g/mol. The van der Waals surface area contributed by atoms with Crippen LogP contribution in [0.25, 0.3) is 33.4 Å². The molecule has 0 atom stereocenters. The summed E-state index contributed by atoms with van der Waals surface area (Å²) >= 11 is 0. The molecule has 0 aromatic heterocycles. The van der Waals surface area contributed by atoms with Crippen LogP contribution in [0.5, 0.6) is 0 Å². The van der Waals surface area contributed by atoms with Gasteiger partial charge in [0.15, 0.2) is 0 Å². The summed E-state index contributed by atoms with van der Waals surface area (Å²) in [6, 6.07) is 81.3. The molecule has 4 heteroatoms. The molecule has 10 aromatic carbocycles. The van der Waals surface area contributed by atoms with E-state index in [1.165, 1.54) is 38.8 Å². The van der Waals surface area contributed by atoms with Crippen molar-refractivity contribution >= 4 is 74.3 Å². The van der Waals surface area contributed by atoms with Gasteiger partial charge in [-0.15, -0.1) is 0 Å². The van der Waals surface area contributed by atoms with E-state index in [0.717, 1.165) is 84.4 Å². The third kappa shape index (κ3) is 7.80. The number of benzene rings is 10. The highest BCUT2D eigenvalue weighted by Gasteiger charge is 2.45. The van der Waals surface area contributed by atoms with Crippen molar-refractivity contribution in [3.63, 3.8) is 0 Å². The largest absolute Gasteiger partial charge is 0.311 e. The molecular weight excluding hydrogens is 918 g/mol. The van der Waals surface area contributed by atoms with Crippen molar-refractivity contribution in [2.45, 2.75) is 78.5 Å². The molecule has 0 saturated heterocycles. The summed E-state index contributed by atoms with van der Waals surface area (Å²) in [5.41, 5.74) is 24.1. The van der Waals surface area contributed by atoms with E-state index < -0.39 is 6.85 Å². The summed E-state index contributed by atoms with van der Waals surface area (Å²) in [6.45, 7) is 15.5. The molecule has 76 heavy (non-hydrogen) atoms. The van der Waals surface area contributed by atoms with Gasteiger partial charge >= 0.3 is 0 Å². The van der Waals surface area contributed by atoms with Gasteiger partial charge in [-0.3, -0.25) is 0 Å². The van der Waals surface area contributed by atoms with Crippen molar-refractivity contribution in [3.05, 3.63) is 252 Å². The Morgan fingerprint density at radius 1 is 0.408 bits per heavy atom. The van der Waals surface area contributed by atoms with Crippen molar-refractivity contribution in [2.24, 2.45) is 0 Å². The van der Waals surface area contributed by atoms with E-state index in [4.69, 9.17) is 0 Å². The number of hydrogen-bond acceptors (Lipinski definition) is 3. The van der Waals surface area contributed by atoms with E-state index in [9.17, 15) is 4.11 Å². The molecule has 10 aromatic rings. The van der Waals surface area contributed by atoms with Gasteiger partial charge < -0.3 is 14.7 Å². The van der Waals surface area contributed by atoms with Crippen molar-refractivity contribution in [3.8, 4) is 33.4 Å². The van der Waals surface area contributed by atoms with Gasteiger partial charge in [0, 0.05) is 60.7 Å². The molecule has 0 saturated carbocycles. The molecule has 1 aliphatic carbocycles. The fourth-order valence-corrected chi connectivity index (χ4v) is 12.4. The van der Waals surface area contributed by atoms with Gasteiger partial charge in [-0.1, -0.05) is 201 Å². The van der Waals surface area contributed by atoms with Gasteiger partial charge in [0.25, 0.3) is 6.71 Å². The molecule has 0 bridgehead atoms. The number of rotatable bonds is 7. The Morgan fingerprint density at radius 3 is 1.46 bits per heavy atom. The monoisotopic (exact) mass is 985 g/mol. The van der Waals surface area contributed by atoms with Gasteiger partial charge in [0.1, 0.15) is 0 Å². The van der Waals surface area contributed by atoms with Crippen LogP contribution in [0.15, 0.2) is 224 Å². The van der Waals surface area contributed by atoms with Crippen LogP contribution in [-0.4, -0.2) is 6.71 Å². The predicted octanol–water partition coefficient (Wildman–Crippen LogP) is 17.8. The molecular formula is C72H64BN3. The molecule has 0 fully saturated rings.